The van der Waals surface area contributed by atoms with Gasteiger partial charge in [0.05, 0.1) is 21.3 Å². The molecule has 5 heteroatoms. The third kappa shape index (κ3) is 2.39. The minimum absolute atomic E-state index is 0.903. The van der Waals surface area contributed by atoms with Gasteiger partial charge in [-0.25, -0.2) is 4.98 Å². The Hall–Kier alpha value is -4.19. The lowest BCUT2D eigenvalue weighted by Crippen LogP contribution is -1.92. The van der Waals surface area contributed by atoms with E-state index < -0.39 is 0 Å². The van der Waals surface area contributed by atoms with Gasteiger partial charge >= 0.3 is 0 Å². The standard InChI is InChI=1S/C31H16N2OS2/c1-4-10-22-17(7-1)20-15-21-18-8-2-5-11-24(18)34-25(21)16-23(20)33(22)31-32-30-28(36-31)14-13-27-29(30)19-9-3-6-12-26(19)35-27/h1-16H. The molecule has 0 aliphatic rings. The molecule has 0 aliphatic carbocycles. The number of furan rings is 1. The van der Waals surface area contributed by atoms with Crippen LogP contribution in [0.3, 0.4) is 0 Å². The van der Waals surface area contributed by atoms with Crippen LogP contribution in [0.25, 0.3) is 79.3 Å². The third-order valence-electron chi connectivity index (χ3n) is 7.25. The van der Waals surface area contributed by atoms with E-state index in [4.69, 9.17) is 9.40 Å². The van der Waals surface area contributed by atoms with Gasteiger partial charge in [-0.2, -0.15) is 0 Å². The SMILES string of the molecule is c1ccc2c(c1)oc1cc3c(cc12)c1ccccc1n3-c1nc2c(ccc3sc4ccccc4c32)s1. The summed E-state index contributed by atoms with van der Waals surface area (Å²) in [5.41, 5.74) is 5.19. The van der Waals surface area contributed by atoms with Crippen molar-refractivity contribution in [2.45, 2.75) is 0 Å². The molecule has 4 aromatic heterocycles. The van der Waals surface area contributed by atoms with Gasteiger partial charge in [0.25, 0.3) is 0 Å². The van der Waals surface area contributed by atoms with Crippen molar-refractivity contribution in [3.8, 4) is 5.13 Å². The maximum atomic E-state index is 6.27. The van der Waals surface area contributed by atoms with Crippen LogP contribution < -0.4 is 0 Å². The lowest BCUT2D eigenvalue weighted by atomic mass is 10.1. The number of hydrogen-bond acceptors (Lipinski definition) is 4. The van der Waals surface area contributed by atoms with E-state index >= 15 is 0 Å². The molecule has 168 valence electrons. The molecule has 0 saturated heterocycles. The molecule has 0 aliphatic heterocycles. The molecule has 0 bridgehead atoms. The van der Waals surface area contributed by atoms with Gasteiger partial charge in [0, 0.05) is 47.8 Å². The van der Waals surface area contributed by atoms with Gasteiger partial charge in [-0.05, 0) is 36.4 Å². The molecule has 0 atom stereocenters. The van der Waals surface area contributed by atoms with Crippen molar-refractivity contribution in [1.29, 1.82) is 0 Å². The number of fused-ring (bicyclic) bond motifs is 11. The Morgan fingerprint density at radius 1 is 0.556 bits per heavy atom. The van der Waals surface area contributed by atoms with Crippen molar-refractivity contribution in [2.24, 2.45) is 0 Å². The van der Waals surface area contributed by atoms with Crippen LogP contribution in [0, 0.1) is 0 Å². The first-order valence-electron chi connectivity index (χ1n) is 11.9. The Labute approximate surface area is 212 Å². The molecule has 9 aromatic rings. The second kappa shape index (κ2) is 6.72. The maximum Gasteiger partial charge on any atom is 0.195 e. The summed E-state index contributed by atoms with van der Waals surface area (Å²) in [5, 5.41) is 8.27. The summed E-state index contributed by atoms with van der Waals surface area (Å²) in [5.74, 6) is 0. The van der Waals surface area contributed by atoms with E-state index in [0.29, 0.717) is 0 Å². The van der Waals surface area contributed by atoms with Crippen molar-refractivity contribution >= 4 is 96.8 Å². The van der Waals surface area contributed by atoms with E-state index in [-0.39, 0.29) is 0 Å². The molecule has 0 saturated carbocycles. The second-order valence-electron chi connectivity index (χ2n) is 9.20. The summed E-state index contributed by atoms with van der Waals surface area (Å²) in [7, 11) is 0. The number of thiophene rings is 1. The van der Waals surface area contributed by atoms with Crippen LogP contribution in [-0.2, 0) is 0 Å². The van der Waals surface area contributed by atoms with Crippen molar-refractivity contribution in [3.63, 3.8) is 0 Å². The molecule has 9 rings (SSSR count). The van der Waals surface area contributed by atoms with E-state index in [1.165, 1.54) is 35.6 Å². The topological polar surface area (TPSA) is 31.0 Å². The van der Waals surface area contributed by atoms with Crippen LogP contribution in [0.2, 0.25) is 0 Å². The zero-order valence-electron chi connectivity index (χ0n) is 18.9. The molecule has 4 heterocycles. The average molecular weight is 497 g/mol. The lowest BCUT2D eigenvalue weighted by molar-refractivity contribution is 0.669. The lowest BCUT2D eigenvalue weighted by Gasteiger charge is -2.02. The molecule has 0 spiro atoms. The van der Waals surface area contributed by atoms with Crippen molar-refractivity contribution in [3.05, 3.63) is 97.1 Å². The number of rotatable bonds is 1. The minimum Gasteiger partial charge on any atom is -0.456 e. The molecular formula is C31H16N2OS2. The van der Waals surface area contributed by atoms with Crippen LogP contribution in [0.4, 0.5) is 0 Å². The molecule has 5 aromatic carbocycles. The normalized spacial score (nSPS) is 12.4. The van der Waals surface area contributed by atoms with Gasteiger partial charge in [0.15, 0.2) is 5.13 Å². The highest BCUT2D eigenvalue weighted by molar-refractivity contribution is 7.26. The Balaban J connectivity index is 1.42. The molecule has 0 amide bonds. The smallest absolute Gasteiger partial charge is 0.195 e. The highest BCUT2D eigenvalue weighted by atomic mass is 32.1. The van der Waals surface area contributed by atoms with Crippen LogP contribution in [0.5, 0.6) is 0 Å². The average Bonchev–Trinajstić information content (AvgIpc) is 3.66. The van der Waals surface area contributed by atoms with E-state index in [9.17, 15) is 0 Å². The highest BCUT2D eigenvalue weighted by Crippen LogP contribution is 2.43. The van der Waals surface area contributed by atoms with Gasteiger partial charge in [-0.1, -0.05) is 65.9 Å². The number of aromatic nitrogens is 2. The highest BCUT2D eigenvalue weighted by Gasteiger charge is 2.19. The van der Waals surface area contributed by atoms with E-state index in [1.54, 1.807) is 11.3 Å². The summed E-state index contributed by atoms with van der Waals surface area (Å²) in [6.45, 7) is 0. The summed E-state index contributed by atoms with van der Waals surface area (Å²) in [6.07, 6.45) is 0. The zero-order chi connectivity index (χ0) is 23.4. The molecule has 0 radical (unpaired) electrons. The van der Waals surface area contributed by atoms with E-state index in [0.717, 1.165) is 43.6 Å². The van der Waals surface area contributed by atoms with Gasteiger partial charge in [0.2, 0.25) is 0 Å². The zero-order valence-corrected chi connectivity index (χ0v) is 20.5. The van der Waals surface area contributed by atoms with E-state index in [2.05, 4.69) is 89.5 Å². The fourth-order valence-electron chi connectivity index (χ4n) is 5.68. The number of para-hydroxylation sites is 2. The predicted molar refractivity (Wildman–Crippen MR) is 154 cm³/mol. The first-order valence-corrected chi connectivity index (χ1v) is 13.5. The minimum atomic E-state index is 0.903. The molecular weight excluding hydrogens is 480 g/mol. The molecule has 0 unspecified atom stereocenters. The Morgan fingerprint density at radius 3 is 2.28 bits per heavy atom. The predicted octanol–water partition coefficient (Wildman–Crippen LogP) is 9.66. The van der Waals surface area contributed by atoms with Crippen LogP contribution in [0.1, 0.15) is 0 Å². The molecule has 3 nitrogen and oxygen atoms in total. The molecule has 36 heavy (non-hydrogen) atoms. The largest absolute Gasteiger partial charge is 0.456 e. The van der Waals surface area contributed by atoms with Crippen molar-refractivity contribution in [1.82, 2.24) is 9.55 Å². The van der Waals surface area contributed by atoms with Gasteiger partial charge in [0.1, 0.15) is 11.2 Å². The monoisotopic (exact) mass is 496 g/mol. The fourth-order valence-corrected chi connectivity index (χ4v) is 7.79. The van der Waals surface area contributed by atoms with Gasteiger partial charge < -0.3 is 4.42 Å². The first-order chi connectivity index (χ1) is 17.8. The van der Waals surface area contributed by atoms with Crippen molar-refractivity contribution < 1.29 is 4.42 Å². The Bertz CT molecular complexity index is 2330. The fraction of sp³-hybridized carbons (Fsp3) is 0. The number of thiazole rings is 1. The summed E-state index contributed by atoms with van der Waals surface area (Å²) in [4.78, 5) is 5.29. The second-order valence-corrected chi connectivity index (χ2v) is 11.3. The van der Waals surface area contributed by atoms with Crippen LogP contribution in [0.15, 0.2) is 101 Å². The third-order valence-corrected chi connectivity index (χ3v) is 9.39. The maximum absolute atomic E-state index is 6.27. The summed E-state index contributed by atoms with van der Waals surface area (Å²) in [6, 6.07) is 34.5. The summed E-state index contributed by atoms with van der Waals surface area (Å²) >= 11 is 3.58. The van der Waals surface area contributed by atoms with Crippen LogP contribution >= 0.6 is 22.7 Å². The van der Waals surface area contributed by atoms with E-state index in [1.807, 2.05) is 23.5 Å². The number of benzene rings is 5. The van der Waals surface area contributed by atoms with Crippen molar-refractivity contribution in [2.75, 3.05) is 0 Å². The van der Waals surface area contributed by atoms with Gasteiger partial charge in [-0.15, -0.1) is 11.3 Å². The quantitative estimate of drug-likeness (QED) is 0.226. The Kier molecular flexibility index (Phi) is 3.56. The summed E-state index contributed by atoms with van der Waals surface area (Å²) < 4.78 is 12.4. The molecule has 0 N–H and O–H groups in total. The Morgan fingerprint density at radius 2 is 1.33 bits per heavy atom. The molecule has 0 fully saturated rings. The van der Waals surface area contributed by atoms with Gasteiger partial charge in [-0.3, -0.25) is 4.57 Å². The number of hydrogen-bond donors (Lipinski definition) is 0. The van der Waals surface area contributed by atoms with Crippen LogP contribution in [-0.4, -0.2) is 9.55 Å². The number of nitrogens with zero attached hydrogens (tertiary/aromatic N) is 2. The first kappa shape index (κ1) is 19.1.